The van der Waals surface area contributed by atoms with E-state index in [0.717, 1.165) is 38.6 Å². The zero-order valence-corrected chi connectivity index (χ0v) is 16.2. The Morgan fingerprint density at radius 2 is 2.04 bits per heavy atom. The maximum atomic E-state index is 12.6. The van der Waals surface area contributed by atoms with Crippen LogP contribution in [0, 0.1) is 5.92 Å². The molecule has 2 fully saturated rings. The van der Waals surface area contributed by atoms with Crippen molar-refractivity contribution in [2.24, 2.45) is 5.92 Å². The minimum Gasteiger partial charge on any atom is -0.466 e. The predicted molar refractivity (Wildman–Crippen MR) is 97.3 cm³/mol. The summed E-state index contributed by atoms with van der Waals surface area (Å²) in [6.45, 7) is 8.78. The van der Waals surface area contributed by atoms with E-state index in [9.17, 15) is 9.59 Å². The Morgan fingerprint density at radius 1 is 1.28 bits per heavy atom. The van der Waals surface area contributed by atoms with E-state index in [2.05, 4.69) is 6.08 Å². The van der Waals surface area contributed by atoms with E-state index in [-0.39, 0.29) is 18.1 Å². The number of esters is 1. The largest absolute Gasteiger partial charge is 0.466 e. The third kappa shape index (κ3) is 6.05. The van der Waals surface area contributed by atoms with Gasteiger partial charge in [-0.15, -0.1) is 0 Å². The van der Waals surface area contributed by atoms with E-state index in [1.165, 1.54) is 12.0 Å². The smallest absolute Gasteiger partial charge is 0.410 e. The highest BCUT2D eigenvalue weighted by Gasteiger charge is 2.38. The lowest BCUT2D eigenvalue weighted by Crippen LogP contribution is -2.51. The van der Waals surface area contributed by atoms with Gasteiger partial charge in [-0.05, 0) is 72.1 Å². The van der Waals surface area contributed by atoms with Crippen molar-refractivity contribution < 1.29 is 19.1 Å². The lowest BCUT2D eigenvalue weighted by atomic mass is 9.76. The zero-order valence-electron chi connectivity index (χ0n) is 16.2. The number of hydrogen-bond donors (Lipinski definition) is 0. The summed E-state index contributed by atoms with van der Waals surface area (Å²) in [6.07, 6.45) is 8.50. The minimum absolute atomic E-state index is 0.138. The van der Waals surface area contributed by atoms with Crippen LogP contribution in [0.5, 0.6) is 0 Å². The summed E-state index contributed by atoms with van der Waals surface area (Å²) >= 11 is 0. The second kappa shape index (κ2) is 8.72. The van der Waals surface area contributed by atoms with Crippen molar-refractivity contribution in [3.05, 3.63) is 11.6 Å². The van der Waals surface area contributed by atoms with E-state index in [1.54, 1.807) is 0 Å². The first-order valence-corrected chi connectivity index (χ1v) is 9.63. The van der Waals surface area contributed by atoms with Gasteiger partial charge in [0, 0.05) is 19.0 Å². The molecule has 1 saturated carbocycles. The van der Waals surface area contributed by atoms with Crippen molar-refractivity contribution >= 4 is 12.1 Å². The van der Waals surface area contributed by atoms with Crippen molar-refractivity contribution in [3.8, 4) is 0 Å². The maximum Gasteiger partial charge on any atom is 0.410 e. The lowest BCUT2D eigenvalue weighted by Gasteiger charge is -2.44. The van der Waals surface area contributed by atoms with Gasteiger partial charge in [0.1, 0.15) is 5.60 Å². The van der Waals surface area contributed by atoms with Crippen molar-refractivity contribution in [2.45, 2.75) is 84.3 Å². The van der Waals surface area contributed by atoms with E-state index in [0.29, 0.717) is 18.9 Å². The standard InChI is InChI=1S/C20H33NO4/c1-5-24-18(22)10-6-8-15-11-12-16-9-7-13-21(17(16)14-15)19(23)25-20(2,3)4/h8,16-17H,5-7,9-14H2,1-4H3/b15-8-. The number of nitrogens with zero attached hydrogens (tertiary/aromatic N) is 1. The summed E-state index contributed by atoms with van der Waals surface area (Å²) in [5.41, 5.74) is 0.901. The third-order valence-electron chi connectivity index (χ3n) is 4.94. The van der Waals surface area contributed by atoms with Crippen LogP contribution in [0.2, 0.25) is 0 Å². The average molecular weight is 351 g/mol. The molecule has 0 N–H and O–H groups in total. The Kier molecular flexibility index (Phi) is 6.91. The highest BCUT2D eigenvalue weighted by Crippen LogP contribution is 2.38. The van der Waals surface area contributed by atoms with Crippen molar-refractivity contribution in [2.75, 3.05) is 13.2 Å². The maximum absolute atomic E-state index is 12.6. The van der Waals surface area contributed by atoms with E-state index in [1.807, 2.05) is 32.6 Å². The zero-order chi connectivity index (χ0) is 18.4. The summed E-state index contributed by atoms with van der Waals surface area (Å²) in [5, 5.41) is 0. The molecule has 0 aromatic carbocycles. The van der Waals surface area contributed by atoms with Crippen LogP contribution in [-0.2, 0) is 14.3 Å². The first kappa shape index (κ1) is 19.8. The van der Waals surface area contributed by atoms with Crippen LogP contribution in [0.4, 0.5) is 4.79 Å². The monoisotopic (exact) mass is 351 g/mol. The number of carbonyl (C=O) groups is 2. The van der Waals surface area contributed by atoms with E-state index >= 15 is 0 Å². The van der Waals surface area contributed by atoms with Gasteiger partial charge in [-0.1, -0.05) is 11.6 Å². The number of rotatable bonds is 4. The molecule has 5 nitrogen and oxygen atoms in total. The Balaban J connectivity index is 1.95. The molecule has 0 spiro atoms. The highest BCUT2D eigenvalue weighted by atomic mass is 16.6. The van der Waals surface area contributed by atoms with Gasteiger partial charge in [0.2, 0.25) is 0 Å². The van der Waals surface area contributed by atoms with Crippen LogP contribution >= 0.6 is 0 Å². The van der Waals surface area contributed by atoms with Gasteiger partial charge in [-0.2, -0.15) is 0 Å². The number of fused-ring (bicyclic) bond motifs is 1. The van der Waals surface area contributed by atoms with Gasteiger partial charge in [-0.3, -0.25) is 4.79 Å². The number of amides is 1. The quantitative estimate of drug-likeness (QED) is 0.554. The van der Waals surface area contributed by atoms with Crippen LogP contribution in [0.1, 0.15) is 72.6 Å². The second-order valence-electron chi connectivity index (χ2n) is 8.09. The molecule has 0 aromatic rings. The predicted octanol–water partition coefficient (Wildman–Crippen LogP) is 4.46. The first-order chi connectivity index (χ1) is 11.8. The average Bonchev–Trinajstić information content (AvgIpc) is 2.53. The molecule has 1 aliphatic heterocycles. The molecule has 0 bridgehead atoms. The number of piperidine rings is 1. The van der Waals surface area contributed by atoms with Gasteiger partial charge in [0.05, 0.1) is 6.61 Å². The van der Waals surface area contributed by atoms with Gasteiger partial charge in [0.25, 0.3) is 0 Å². The van der Waals surface area contributed by atoms with E-state index < -0.39 is 5.60 Å². The van der Waals surface area contributed by atoms with Crippen LogP contribution in [-0.4, -0.2) is 41.8 Å². The number of ether oxygens (including phenoxy) is 2. The summed E-state index contributed by atoms with van der Waals surface area (Å²) in [7, 11) is 0. The molecular formula is C20H33NO4. The molecule has 1 saturated heterocycles. The number of likely N-dealkylation sites (tertiary alicyclic amines) is 1. The molecule has 2 unspecified atom stereocenters. The van der Waals surface area contributed by atoms with Crippen molar-refractivity contribution in [1.29, 1.82) is 0 Å². The molecule has 0 aromatic heterocycles. The lowest BCUT2D eigenvalue weighted by molar-refractivity contribution is -0.143. The molecule has 142 valence electrons. The number of carbonyl (C=O) groups excluding carboxylic acids is 2. The molecular weight excluding hydrogens is 318 g/mol. The van der Waals surface area contributed by atoms with Crippen molar-refractivity contribution in [3.63, 3.8) is 0 Å². The molecule has 5 heteroatoms. The normalized spacial score (nSPS) is 25.4. The van der Waals surface area contributed by atoms with Crippen molar-refractivity contribution in [1.82, 2.24) is 4.90 Å². The Bertz CT molecular complexity index is 506. The SMILES string of the molecule is CCOC(=O)CC/C=C1/CCC2CCCN(C(=O)OC(C)(C)C)C2C1. The Hall–Kier alpha value is -1.52. The number of hydrogen-bond acceptors (Lipinski definition) is 4. The van der Waals surface area contributed by atoms with Crippen LogP contribution in [0.15, 0.2) is 11.6 Å². The third-order valence-corrected chi connectivity index (χ3v) is 4.94. The van der Waals surface area contributed by atoms with Crippen LogP contribution < -0.4 is 0 Å². The summed E-state index contributed by atoms with van der Waals surface area (Å²) < 4.78 is 10.6. The molecule has 2 rings (SSSR count). The topological polar surface area (TPSA) is 55.8 Å². The summed E-state index contributed by atoms with van der Waals surface area (Å²) in [4.78, 5) is 26.0. The fourth-order valence-corrected chi connectivity index (χ4v) is 3.85. The fraction of sp³-hybridized carbons (Fsp3) is 0.800. The van der Waals surface area contributed by atoms with Crippen LogP contribution in [0.25, 0.3) is 0 Å². The van der Waals surface area contributed by atoms with Gasteiger partial charge in [0.15, 0.2) is 0 Å². The molecule has 0 radical (unpaired) electrons. The fourth-order valence-electron chi connectivity index (χ4n) is 3.85. The van der Waals surface area contributed by atoms with Gasteiger partial charge in [-0.25, -0.2) is 4.79 Å². The van der Waals surface area contributed by atoms with E-state index in [4.69, 9.17) is 9.47 Å². The molecule has 2 atom stereocenters. The summed E-state index contributed by atoms with van der Waals surface area (Å²) in [5.74, 6) is 0.435. The molecule has 25 heavy (non-hydrogen) atoms. The molecule has 1 aliphatic carbocycles. The minimum atomic E-state index is -0.461. The molecule has 2 aliphatic rings. The van der Waals surface area contributed by atoms with Gasteiger partial charge < -0.3 is 14.4 Å². The molecule has 1 amide bonds. The summed E-state index contributed by atoms with van der Waals surface area (Å²) in [6, 6.07) is 0.242. The first-order valence-electron chi connectivity index (χ1n) is 9.63. The Morgan fingerprint density at radius 3 is 2.72 bits per heavy atom. The van der Waals surface area contributed by atoms with Gasteiger partial charge >= 0.3 is 12.1 Å². The second-order valence-corrected chi connectivity index (χ2v) is 8.09. The Labute approximate surface area is 151 Å². The molecule has 1 heterocycles. The number of allylic oxidation sites excluding steroid dienone is 1. The van der Waals surface area contributed by atoms with Crippen LogP contribution in [0.3, 0.4) is 0 Å². The highest BCUT2D eigenvalue weighted by molar-refractivity contribution is 5.69.